The van der Waals surface area contributed by atoms with E-state index in [1.807, 2.05) is 6.92 Å². The van der Waals surface area contributed by atoms with Gasteiger partial charge in [-0.05, 0) is 49.9 Å². The summed E-state index contributed by atoms with van der Waals surface area (Å²) in [6, 6.07) is 5.33. The Morgan fingerprint density at radius 3 is 2.67 bits per heavy atom. The highest BCUT2D eigenvalue weighted by molar-refractivity contribution is 5.28. The number of benzene rings is 1. The average molecular weight is 301 g/mol. The molecule has 0 saturated heterocycles. The van der Waals surface area contributed by atoms with E-state index in [1.165, 1.54) is 18.6 Å². The minimum atomic E-state index is -4.31. The zero-order valence-electron chi connectivity index (χ0n) is 12.2. The summed E-state index contributed by atoms with van der Waals surface area (Å²) >= 11 is 0. The highest BCUT2D eigenvalue weighted by Gasteiger charge is 2.31. The van der Waals surface area contributed by atoms with Crippen LogP contribution in [-0.2, 0) is 10.9 Å². The third-order valence-corrected chi connectivity index (χ3v) is 3.81. The smallest absolute Gasteiger partial charge is 0.376 e. The van der Waals surface area contributed by atoms with Crippen LogP contribution in [0.1, 0.15) is 49.8 Å². The van der Waals surface area contributed by atoms with Crippen molar-refractivity contribution in [3.8, 4) is 0 Å². The molecule has 0 radical (unpaired) electrons. The van der Waals surface area contributed by atoms with Gasteiger partial charge in [-0.25, -0.2) is 0 Å². The summed E-state index contributed by atoms with van der Waals surface area (Å²) in [6.07, 6.45) is 0.202. The maximum absolute atomic E-state index is 12.8. The van der Waals surface area contributed by atoms with Crippen molar-refractivity contribution >= 4 is 0 Å². The first-order chi connectivity index (χ1) is 10.0. The predicted octanol–water partition coefficient (Wildman–Crippen LogP) is 4.32. The van der Waals surface area contributed by atoms with Crippen LogP contribution in [0.4, 0.5) is 13.2 Å². The van der Waals surface area contributed by atoms with E-state index in [-0.39, 0.29) is 12.1 Å². The lowest BCUT2D eigenvalue weighted by atomic mass is 9.96. The highest BCUT2D eigenvalue weighted by Crippen LogP contribution is 2.31. The molecule has 1 aliphatic carbocycles. The fourth-order valence-corrected chi connectivity index (χ4v) is 2.29. The van der Waals surface area contributed by atoms with Crippen LogP contribution in [0, 0.1) is 0 Å². The first kappa shape index (κ1) is 16.3. The van der Waals surface area contributed by atoms with Gasteiger partial charge in [0, 0.05) is 0 Å². The molecule has 0 amide bonds. The molecule has 1 aliphatic rings. The third kappa shape index (κ3) is 4.71. The molecule has 1 aromatic rings. The Kier molecular flexibility index (Phi) is 5.65. The Morgan fingerprint density at radius 2 is 2.10 bits per heavy atom. The van der Waals surface area contributed by atoms with E-state index in [0.29, 0.717) is 12.2 Å². The molecular weight excluding hydrogens is 279 g/mol. The van der Waals surface area contributed by atoms with Crippen molar-refractivity contribution in [1.82, 2.24) is 5.32 Å². The summed E-state index contributed by atoms with van der Waals surface area (Å²) in [5.41, 5.74) is 0.0320. The summed E-state index contributed by atoms with van der Waals surface area (Å²) < 4.78 is 44.2. The number of hydrogen-bond donors (Lipinski definition) is 1. The van der Waals surface area contributed by atoms with E-state index in [0.717, 1.165) is 31.9 Å². The van der Waals surface area contributed by atoms with Crippen molar-refractivity contribution in [1.29, 1.82) is 0 Å². The molecular formula is C16H22F3NO. The molecule has 118 valence electrons. The van der Waals surface area contributed by atoms with Crippen LogP contribution >= 0.6 is 0 Å². The molecule has 1 saturated carbocycles. The van der Waals surface area contributed by atoms with Crippen LogP contribution in [0.15, 0.2) is 24.3 Å². The maximum atomic E-state index is 12.8. The Labute approximate surface area is 123 Å². The Morgan fingerprint density at radius 1 is 1.33 bits per heavy atom. The fraction of sp³-hybridized carbons (Fsp3) is 0.625. The summed E-state index contributed by atoms with van der Waals surface area (Å²) in [7, 11) is 0. The molecule has 1 atom stereocenters. The van der Waals surface area contributed by atoms with Crippen LogP contribution in [0.25, 0.3) is 0 Å². The summed E-state index contributed by atoms with van der Waals surface area (Å²) in [5.74, 6) is 0. The van der Waals surface area contributed by atoms with E-state index >= 15 is 0 Å². The molecule has 1 aromatic carbocycles. The van der Waals surface area contributed by atoms with Gasteiger partial charge in [0.15, 0.2) is 0 Å². The normalized spacial score (nSPS) is 17.5. The first-order valence-electron chi connectivity index (χ1n) is 7.53. The largest absolute Gasteiger partial charge is 0.416 e. The van der Waals surface area contributed by atoms with Crippen molar-refractivity contribution in [3.05, 3.63) is 35.4 Å². The Balaban J connectivity index is 2.06. The standard InChI is InChI=1S/C16H22F3NO/c1-2-9-20-15(11-21-14-7-4-8-14)12-5-3-6-13(10-12)16(17,18)19/h3,5-6,10,14-15,20H,2,4,7-9,11H2,1H3. The van der Waals surface area contributed by atoms with Gasteiger partial charge in [0.2, 0.25) is 0 Å². The lowest BCUT2D eigenvalue weighted by Gasteiger charge is -2.28. The molecule has 0 spiro atoms. The number of hydrogen-bond acceptors (Lipinski definition) is 2. The van der Waals surface area contributed by atoms with Gasteiger partial charge in [0.05, 0.1) is 24.3 Å². The van der Waals surface area contributed by atoms with Gasteiger partial charge in [-0.1, -0.05) is 19.1 Å². The SMILES string of the molecule is CCCNC(COC1CCC1)c1cccc(C(F)(F)F)c1. The molecule has 5 heteroatoms. The quantitative estimate of drug-likeness (QED) is 0.810. The Bertz CT molecular complexity index is 443. The van der Waals surface area contributed by atoms with Crippen molar-refractivity contribution in [2.24, 2.45) is 0 Å². The average Bonchev–Trinajstić information content (AvgIpc) is 2.40. The van der Waals surface area contributed by atoms with E-state index in [9.17, 15) is 13.2 Å². The number of alkyl halides is 3. The van der Waals surface area contributed by atoms with E-state index in [2.05, 4.69) is 5.32 Å². The van der Waals surface area contributed by atoms with Crippen molar-refractivity contribution in [2.75, 3.05) is 13.2 Å². The van der Waals surface area contributed by atoms with Gasteiger partial charge in [-0.15, -0.1) is 0 Å². The molecule has 2 rings (SSSR count). The lowest BCUT2D eigenvalue weighted by molar-refractivity contribution is -0.137. The summed E-state index contributed by atoms with van der Waals surface area (Å²) in [6.45, 7) is 3.21. The zero-order valence-corrected chi connectivity index (χ0v) is 12.2. The third-order valence-electron chi connectivity index (χ3n) is 3.81. The molecule has 1 unspecified atom stereocenters. The van der Waals surface area contributed by atoms with Gasteiger partial charge >= 0.3 is 6.18 Å². The predicted molar refractivity (Wildman–Crippen MR) is 76.1 cm³/mol. The van der Waals surface area contributed by atoms with Crippen molar-refractivity contribution in [2.45, 2.75) is 50.9 Å². The number of ether oxygens (including phenoxy) is 1. The summed E-state index contributed by atoms with van der Waals surface area (Å²) in [4.78, 5) is 0. The van der Waals surface area contributed by atoms with Crippen LogP contribution in [0.5, 0.6) is 0 Å². The second kappa shape index (κ2) is 7.27. The van der Waals surface area contributed by atoms with Crippen molar-refractivity contribution in [3.63, 3.8) is 0 Å². The first-order valence-corrected chi connectivity index (χ1v) is 7.53. The molecule has 0 aromatic heterocycles. The highest BCUT2D eigenvalue weighted by atomic mass is 19.4. The second-order valence-electron chi connectivity index (χ2n) is 5.52. The van der Waals surface area contributed by atoms with Gasteiger partial charge in [0.1, 0.15) is 0 Å². The van der Waals surface area contributed by atoms with E-state index in [1.54, 1.807) is 6.07 Å². The van der Waals surface area contributed by atoms with Crippen LogP contribution < -0.4 is 5.32 Å². The molecule has 21 heavy (non-hydrogen) atoms. The van der Waals surface area contributed by atoms with Gasteiger partial charge in [-0.3, -0.25) is 0 Å². The van der Waals surface area contributed by atoms with Gasteiger partial charge < -0.3 is 10.1 Å². The fourth-order valence-electron chi connectivity index (χ4n) is 2.29. The lowest BCUT2D eigenvalue weighted by Crippen LogP contribution is -2.31. The molecule has 0 heterocycles. The number of rotatable bonds is 7. The Hall–Kier alpha value is -1.07. The maximum Gasteiger partial charge on any atom is 0.416 e. The van der Waals surface area contributed by atoms with E-state index < -0.39 is 11.7 Å². The van der Waals surface area contributed by atoms with E-state index in [4.69, 9.17) is 4.74 Å². The molecule has 2 nitrogen and oxygen atoms in total. The second-order valence-corrected chi connectivity index (χ2v) is 5.52. The number of halogens is 3. The monoisotopic (exact) mass is 301 g/mol. The minimum absolute atomic E-state index is 0.187. The number of nitrogens with one attached hydrogen (secondary N) is 1. The van der Waals surface area contributed by atoms with Crippen LogP contribution in [0.3, 0.4) is 0 Å². The minimum Gasteiger partial charge on any atom is -0.376 e. The van der Waals surface area contributed by atoms with Crippen LogP contribution in [-0.4, -0.2) is 19.3 Å². The molecule has 0 aliphatic heterocycles. The van der Waals surface area contributed by atoms with Crippen molar-refractivity contribution < 1.29 is 17.9 Å². The topological polar surface area (TPSA) is 21.3 Å². The molecule has 0 bridgehead atoms. The zero-order chi connectivity index (χ0) is 15.3. The van der Waals surface area contributed by atoms with Gasteiger partial charge in [-0.2, -0.15) is 13.2 Å². The van der Waals surface area contributed by atoms with Crippen LogP contribution in [0.2, 0.25) is 0 Å². The molecule has 1 fully saturated rings. The summed E-state index contributed by atoms with van der Waals surface area (Å²) in [5, 5.41) is 3.28. The van der Waals surface area contributed by atoms with Gasteiger partial charge in [0.25, 0.3) is 0 Å². The molecule has 1 N–H and O–H groups in total.